The zero-order chi connectivity index (χ0) is 14.7. The van der Waals surface area contributed by atoms with Crippen LogP contribution in [0.15, 0.2) is 18.2 Å². The van der Waals surface area contributed by atoms with Crippen LogP contribution in [-0.4, -0.2) is 17.4 Å². The minimum absolute atomic E-state index is 0.163. The lowest BCUT2D eigenvalue weighted by Gasteiger charge is -2.05. The van der Waals surface area contributed by atoms with E-state index in [-0.39, 0.29) is 11.6 Å². The van der Waals surface area contributed by atoms with Crippen LogP contribution in [0, 0.1) is 12.7 Å². The molecule has 0 aliphatic heterocycles. The van der Waals surface area contributed by atoms with Gasteiger partial charge in [0.1, 0.15) is 16.5 Å². The normalized spacial score (nSPS) is 10.3. The van der Waals surface area contributed by atoms with Gasteiger partial charge in [0.05, 0.1) is 0 Å². The maximum Gasteiger partial charge on any atom is 0.269 e. The lowest BCUT2D eigenvalue weighted by atomic mass is 10.2. The van der Waals surface area contributed by atoms with Gasteiger partial charge in [0, 0.05) is 12.2 Å². The number of anilines is 3. The van der Waals surface area contributed by atoms with Crippen LogP contribution in [0.3, 0.4) is 0 Å². The fourth-order valence-electron chi connectivity index (χ4n) is 1.58. The molecule has 5 nitrogen and oxygen atoms in total. The van der Waals surface area contributed by atoms with Gasteiger partial charge >= 0.3 is 0 Å². The molecule has 0 saturated carbocycles. The van der Waals surface area contributed by atoms with Gasteiger partial charge in [0.15, 0.2) is 5.13 Å². The van der Waals surface area contributed by atoms with Gasteiger partial charge in [0.2, 0.25) is 0 Å². The Bertz CT molecular complexity index is 641. The highest BCUT2D eigenvalue weighted by atomic mass is 32.1. The van der Waals surface area contributed by atoms with Crippen LogP contribution >= 0.6 is 11.3 Å². The van der Waals surface area contributed by atoms with E-state index in [4.69, 9.17) is 5.73 Å². The average molecular weight is 294 g/mol. The summed E-state index contributed by atoms with van der Waals surface area (Å²) in [5, 5.41) is 6.19. The van der Waals surface area contributed by atoms with Crippen LogP contribution in [0.5, 0.6) is 0 Å². The molecule has 20 heavy (non-hydrogen) atoms. The fourth-order valence-corrected chi connectivity index (χ4v) is 2.43. The van der Waals surface area contributed by atoms with Crippen molar-refractivity contribution in [2.24, 2.45) is 0 Å². The number of amides is 1. The number of aryl methyl sites for hydroxylation is 1. The van der Waals surface area contributed by atoms with Gasteiger partial charge in [-0.05, 0) is 31.5 Å². The number of halogens is 1. The van der Waals surface area contributed by atoms with Crippen molar-refractivity contribution in [3.63, 3.8) is 0 Å². The molecule has 2 rings (SSSR count). The first-order valence-electron chi connectivity index (χ1n) is 6.09. The summed E-state index contributed by atoms with van der Waals surface area (Å²) in [6.45, 7) is 4.27. The minimum Gasteiger partial charge on any atom is -0.382 e. The molecule has 0 atom stereocenters. The van der Waals surface area contributed by atoms with Gasteiger partial charge in [-0.2, -0.15) is 0 Å². The second-order valence-electron chi connectivity index (χ2n) is 4.18. The number of nitrogens with two attached hydrogens (primary N) is 1. The number of aromatic nitrogens is 1. The summed E-state index contributed by atoms with van der Waals surface area (Å²) in [4.78, 5) is 16.4. The summed E-state index contributed by atoms with van der Waals surface area (Å²) in [5.41, 5.74) is 6.61. The Kier molecular flexibility index (Phi) is 4.19. The number of benzene rings is 1. The Morgan fingerprint density at radius 1 is 1.50 bits per heavy atom. The third kappa shape index (κ3) is 3.05. The average Bonchev–Trinajstić information content (AvgIpc) is 2.75. The van der Waals surface area contributed by atoms with E-state index in [0.29, 0.717) is 27.8 Å². The monoisotopic (exact) mass is 294 g/mol. The van der Waals surface area contributed by atoms with Crippen molar-refractivity contribution in [2.45, 2.75) is 13.8 Å². The first kappa shape index (κ1) is 14.3. The van der Waals surface area contributed by atoms with Gasteiger partial charge in [-0.3, -0.25) is 4.79 Å². The molecule has 0 aliphatic rings. The molecule has 2 aromatic rings. The molecular weight excluding hydrogens is 279 g/mol. The maximum atomic E-state index is 13.4. The molecule has 1 heterocycles. The summed E-state index contributed by atoms with van der Waals surface area (Å²) < 4.78 is 13.4. The third-order valence-electron chi connectivity index (χ3n) is 2.62. The highest BCUT2D eigenvalue weighted by Crippen LogP contribution is 2.26. The fraction of sp³-hybridized carbons (Fsp3) is 0.231. The lowest BCUT2D eigenvalue weighted by Crippen LogP contribution is -2.12. The molecule has 7 heteroatoms. The first-order valence-corrected chi connectivity index (χ1v) is 6.90. The van der Waals surface area contributed by atoms with E-state index in [0.717, 1.165) is 0 Å². The lowest BCUT2D eigenvalue weighted by molar-refractivity contribution is 0.103. The van der Waals surface area contributed by atoms with Crippen molar-refractivity contribution in [3.8, 4) is 0 Å². The summed E-state index contributed by atoms with van der Waals surface area (Å²) in [7, 11) is 0. The number of hydrogen-bond acceptors (Lipinski definition) is 5. The van der Waals surface area contributed by atoms with Crippen molar-refractivity contribution in [3.05, 3.63) is 34.5 Å². The highest BCUT2D eigenvalue weighted by molar-refractivity contribution is 7.18. The Balaban J connectivity index is 2.17. The number of nitrogens with zero attached hydrogens (tertiary/aromatic N) is 1. The molecule has 0 bridgehead atoms. The van der Waals surface area contributed by atoms with Gasteiger partial charge in [-0.15, -0.1) is 0 Å². The van der Waals surface area contributed by atoms with Crippen molar-refractivity contribution in [1.29, 1.82) is 0 Å². The van der Waals surface area contributed by atoms with Crippen LogP contribution < -0.4 is 16.4 Å². The van der Waals surface area contributed by atoms with E-state index < -0.39 is 5.91 Å². The minimum atomic E-state index is -0.396. The molecule has 1 aromatic carbocycles. The number of nitrogen functional groups attached to an aromatic ring is 1. The number of carbonyl (C=O) groups is 1. The molecular formula is C13H15FN4OS. The summed E-state index contributed by atoms with van der Waals surface area (Å²) in [5.74, 6) is -0.600. The molecule has 106 valence electrons. The Morgan fingerprint density at radius 2 is 2.25 bits per heavy atom. The molecule has 0 fully saturated rings. The largest absolute Gasteiger partial charge is 0.382 e. The number of carbonyl (C=O) groups excluding carboxylic acids is 1. The van der Waals surface area contributed by atoms with E-state index in [1.807, 2.05) is 6.92 Å². The topological polar surface area (TPSA) is 80.0 Å². The summed E-state index contributed by atoms with van der Waals surface area (Å²) >= 11 is 1.17. The quantitative estimate of drug-likeness (QED) is 0.810. The van der Waals surface area contributed by atoms with Crippen molar-refractivity contribution in [2.75, 3.05) is 22.9 Å². The van der Waals surface area contributed by atoms with Gasteiger partial charge in [-0.25, -0.2) is 9.37 Å². The first-order chi connectivity index (χ1) is 9.51. The highest BCUT2D eigenvalue weighted by Gasteiger charge is 2.16. The van der Waals surface area contributed by atoms with E-state index in [1.165, 1.54) is 17.4 Å². The zero-order valence-electron chi connectivity index (χ0n) is 11.2. The van der Waals surface area contributed by atoms with Crippen molar-refractivity contribution >= 4 is 33.9 Å². The molecule has 0 unspecified atom stereocenters. The molecule has 0 aliphatic carbocycles. The number of rotatable bonds is 4. The molecule has 0 radical (unpaired) electrons. The Morgan fingerprint density at radius 3 is 2.90 bits per heavy atom. The van der Waals surface area contributed by atoms with E-state index in [2.05, 4.69) is 15.6 Å². The van der Waals surface area contributed by atoms with Crippen LogP contribution in [0.2, 0.25) is 0 Å². The van der Waals surface area contributed by atoms with Gasteiger partial charge in [0.25, 0.3) is 5.91 Å². The van der Waals surface area contributed by atoms with Crippen LogP contribution in [0.4, 0.5) is 21.0 Å². The van der Waals surface area contributed by atoms with E-state index in [1.54, 1.807) is 19.1 Å². The smallest absolute Gasteiger partial charge is 0.269 e. The third-order valence-corrected chi connectivity index (χ3v) is 3.64. The maximum absolute atomic E-state index is 13.4. The van der Waals surface area contributed by atoms with E-state index >= 15 is 0 Å². The van der Waals surface area contributed by atoms with Gasteiger partial charge < -0.3 is 16.4 Å². The SMILES string of the molecule is CCNc1nc(N)c(C(=O)Nc2ccc(C)c(F)c2)s1. The van der Waals surface area contributed by atoms with Crippen molar-refractivity contribution < 1.29 is 9.18 Å². The molecule has 0 saturated heterocycles. The van der Waals surface area contributed by atoms with Crippen LogP contribution in [0.1, 0.15) is 22.2 Å². The van der Waals surface area contributed by atoms with Gasteiger partial charge in [-0.1, -0.05) is 17.4 Å². The number of nitrogens with one attached hydrogen (secondary N) is 2. The molecule has 0 spiro atoms. The predicted octanol–water partition coefficient (Wildman–Crippen LogP) is 2.86. The standard InChI is InChI=1S/C13H15FN4OS/c1-3-16-13-18-11(15)10(20-13)12(19)17-8-5-4-7(2)9(14)6-8/h4-6H,3,15H2,1-2H3,(H,16,18)(H,17,19). The molecule has 1 amide bonds. The van der Waals surface area contributed by atoms with E-state index in [9.17, 15) is 9.18 Å². The predicted molar refractivity (Wildman–Crippen MR) is 79.8 cm³/mol. The molecule has 4 N–H and O–H groups in total. The zero-order valence-corrected chi connectivity index (χ0v) is 12.0. The summed E-state index contributed by atoms with van der Waals surface area (Å²) in [6.07, 6.45) is 0. The Hall–Kier alpha value is -2.15. The van der Waals surface area contributed by atoms with Crippen molar-refractivity contribution in [1.82, 2.24) is 4.98 Å². The Labute approximate surface area is 120 Å². The number of hydrogen-bond donors (Lipinski definition) is 3. The number of thiazole rings is 1. The second-order valence-corrected chi connectivity index (χ2v) is 5.18. The van der Waals surface area contributed by atoms with Crippen LogP contribution in [0.25, 0.3) is 0 Å². The summed E-state index contributed by atoms with van der Waals surface area (Å²) in [6, 6.07) is 4.51. The molecule has 1 aromatic heterocycles. The van der Waals surface area contributed by atoms with Crippen LogP contribution in [-0.2, 0) is 0 Å². The second kappa shape index (κ2) is 5.87.